The molecule has 4 nitrogen and oxygen atoms in total. The van der Waals surface area contributed by atoms with E-state index in [-0.39, 0.29) is 0 Å². The molecule has 1 aliphatic rings. The fourth-order valence-corrected chi connectivity index (χ4v) is 2.13. The van der Waals surface area contributed by atoms with Gasteiger partial charge in [-0.05, 0) is 38.7 Å². The van der Waals surface area contributed by atoms with Gasteiger partial charge in [0.05, 0.1) is 0 Å². The third-order valence-corrected chi connectivity index (χ3v) is 3.53. The Morgan fingerprint density at radius 1 is 1.53 bits per heavy atom. The number of aryl methyl sites for hydroxylation is 1. The summed E-state index contributed by atoms with van der Waals surface area (Å²) in [4.78, 5) is 9.00. The molecule has 17 heavy (non-hydrogen) atoms. The lowest BCUT2D eigenvalue weighted by molar-refractivity contribution is 0.284. The molecule has 1 saturated carbocycles. The Morgan fingerprint density at radius 2 is 2.24 bits per heavy atom. The van der Waals surface area contributed by atoms with E-state index < -0.39 is 0 Å². The topological polar surface area (TPSA) is 63.8 Å². The van der Waals surface area contributed by atoms with Crippen LogP contribution in [0.25, 0.3) is 0 Å². The molecule has 5 heteroatoms. The fraction of sp³-hybridized carbons (Fsp3) is 0.583. The van der Waals surface area contributed by atoms with Crippen LogP contribution in [0.4, 0.5) is 5.95 Å². The Hall–Kier alpha value is -1.23. The Balaban J connectivity index is 2.11. The molecule has 92 valence electrons. The summed E-state index contributed by atoms with van der Waals surface area (Å²) in [6, 6.07) is 2.21. The minimum absolute atomic E-state index is 0.315. The van der Waals surface area contributed by atoms with E-state index in [0.717, 1.165) is 11.6 Å². The predicted octanol–water partition coefficient (Wildman–Crippen LogP) is 2.02. The zero-order valence-electron chi connectivity index (χ0n) is 10.2. The zero-order valence-corrected chi connectivity index (χ0v) is 11.0. The number of thiocarbonyl (C=S) groups is 1. The van der Waals surface area contributed by atoms with Crippen LogP contribution in [-0.4, -0.2) is 21.0 Å². The lowest BCUT2D eigenvalue weighted by atomic mass is 9.80. The maximum atomic E-state index is 5.59. The molecule has 2 rings (SSSR count). The van der Waals surface area contributed by atoms with E-state index in [2.05, 4.69) is 22.2 Å². The van der Waals surface area contributed by atoms with Crippen molar-refractivity contribution in [1.82, 2.24) is 9.97 Å². The third-order valence-electron chi connectivity index (χ3n) is 3.32. The van der Waals surface area contributed by atoms with Crippen LogP contribution in [0.2, 0.25) is 0 Å². The number of nitrogens with two attached hydrogens (primary N) is 1. The SMILES string of the molecule is Cc1cc(C(N)=S)nc(NC(C)C2CCC2)n1. The van der Waals surface area contributed by atoms with Crippen LogP contribution in [0.1, 0.15) is 37.6 Å². The van der Waals surface area contributed by atoms with Crippen molar-refractivity contribution >= 4 is 23.2 Å². The highest BCUT2D eigenvalue weighted by Gasteiger charge is 2.24. The lowest BCUT2D eigenvalue weighted by Gasteiger charge is -2.31. The molecule has 0 saturated heterocycles. The molecule has 0 aromatic carbocycles. The van der Waals surface area contributed by atoms with Crippen LogP contribution in [0.5, 0.6) is 0 Å². The molecule has 1 fully saturated rings. The molecule has 1 aliphatic carbocycles. The molecule has 0 radical (unpaired) electrons. The monoisotopic (exact) mass is 250 g/mol. The van der Waals surface area contributed by atoms with Crippen LogP contribution >= 0.6 is 12.2 Å². The van der Waals surface area contributed by atoms with Crippen molar-refractivity contribution in [3.05, 3.63) is 17.5 Å². The summed E-state index contributed by atoms with van der Waals surface area (Å²) in [6.45, 7) is 4.10. The maximum absolute atomic E-state index is 5.59. The smallest absolute Gasteiger partial charge is 0.223 e. The van der Waals surface area contributed by atoms with E-state index in [0.29, 0.717) is 22.7 Å². The van der Waals surface area contributed by atoms with Crippen LogP contribution < -0.4 is 11.1 Å². The molecular formula is C12H18N4S. The first-order chi connectivity index (χ1) is 8.06. The highest BCUT2D eigenvalue weighted by Crippen LogP contribution is 2.30. The fourth-order valence-electron chi connectivity index (χ4n) is 2.02. The van der Waals surface area contributed by atoms with Gasteiger partial charge in [-0.3, -0.25) is 0 Å². The molecule has 0 bridgehead atoms. The van der Waals surface area contributed by atoms with Gasteiger partial charge in [0.15, 0.2) is 0 Å². The van der Waals surface area contributed by atoms with E-state index in [1.807, 2.05) is 13.0 Å². The first-order valence-electron chi connectivity index (χ1n) is 5.98. The highest BCUT2D eigenvalue weighted by atomic mass is 32.1. The molecular weight excluding hydrogens is 232 g/mol. The number of hydrogen-bond donors (Lipinski definition) is 2. The van der Waals surface area contributed by atoms with E-state index >= 15 is 0 Å². The summed E-state index contributed by atoms with van der Waals surface area (Å²) in [5, 5.41) is 3.34. The second-order valence-corrected chi connectivity index (χ2v) is 5.15. The highest BCUT2D eigenvalue weighted by molar-refractivity contribution is 7.80. The number of nitrogens with zero attached hydrogens (tertiary/aromatic N) is 2. The van der Waals surface area contributed by atoms with Gasteiger partial charge in [0.1, 0.15) is 10.7 Å². The van der Waals surface area contributed by atoms with Gasteiger partial charge in [-0.1, -0.05) is 18.6 Å². The molecule has 1 heterocycles. The first-order valence-corrected chi connectivity index (χ1v) is 6.39. The van der Waals surface area contributed by atoms with E-state index in [4.69, 9.17) is 18.0 Å². The average molecular weight is 250 g/mol. The second-order valence-electron chi connectivity index (χ2n) is 4.71. The standard InChI is InChI=1S/C12H18N4S/c1-7-6-10(11(13)17)16-12(14-7)15-8(2)9-4-3-5-9/h6,8-9H,3-5H2,1-2H3,(H2,13,17)(H,14,15,16). The van der Waals surface area contributed by atoms with Crippen LogP contribution in [0, 0.1) is 12.8 Å². The van der Waals surface area contributed by atoms with Crippen molar-refractivity contribution in [2.24, 2.45) is 11.7 Å². The summed E-state index contributed by atoms with van der Waals surface area (Å²) in [5.74, 6) is 1.37. The van der Waals surface area contributed by atoms with Crippen molar-refractivity contribution < 1.29 is 0 Å². The van der Waals surface area contributed by atoms with Gasteiger partial charge in [-0.2, -0.15) is 0 Å². The molecule has 0 aliphatic heterocycles. The number of rotatable bonds is 4. The van der Waals surface area contributed by atoms with Crippen LogP contribution in [-0.2, 0) is 0 Å². The Kier molecular flexibility index (Phi) is 3.57. The number of hydrogen-bond acceptors (Lipinski definition) is 4. The van der Waals surface area contributed by atoms with Gasteiger partial charge in [-0.25, -0.2) is 9.97 Å². The molecule has 0 spiro atoms. The number of anilines is 1. The Labute approximate surface area is 107 Å². The van der Waals surface area contributed by atoms with Crippen LogP contribution in [0.15, 0.2) is 6.07 Å². The van der Waals surface area contributed by atoms with Crippen LogP contribution in [0.3, 0.4) is 0 Å². The summed E-state index contributed by atoms with van der Waals surface area (Å²) in [7, 11) is 0. The summed E-state index contributed by atoms with van der Waals surface area (Å²) >= 11 is 4.94. The van der Waals surface area contributed by atoms with Gasteiger partial charge < -0.3 is 11.1 Å². The average Bonchev–Trinajstić information content (AvgIpc) is 2.13. The summed E-state index contributed by atoms with van der Waals surface area (Å²) < 4.78 is 0. The molecule has 1 aromatic heterocycles. The molecule has 1 aromatic rings. The third kappa shape index (κ3) is 2.91. The van der Waals surface area contributed by atoms with Gasteiger partial charge in [-0.15, -0.1) is 0 Å². The van der Waals surface area contributed by atoms with Crippen molar-refractivity contribution in [3.8, 4) is 0 Å². The Bertz CT molecular complexity index is 429. The second kappa shape index (κ2) is 4.96. The van der Waals surface area contributed by atoms with E-state index in [1.165, 1.54) is 19.3 Å². The Morgan fingerprint density at radius 3 is 2.76 bits per heavy atom. The molecule has 3 N–H and O–H groups in total. The first kappa shape index (κ1) is 12.2. The quantitative estimate of drug-likeness (QED) is 0.800. The molecule has 0 amide bonds. The zero-order chi connectivity index (χ0) is 12.4. The van der Waals surface area contributed by atoms with Gasteiger partial charge in [0.25, 0.3) is 0 Å². The summed E-state index contributed by atoms with van der Waals surface area (Å²) in [5.41, 5.74) is 7.11. The number of nitrogens with one attached hydrogen (secondary N) is 1. The van der Waals surface area contributed by atoms with Gasteiger partial charge >= 0.3 is 0 Å². The van der Waals surface area contributed by atoms with Crippen molar-refractivity contribution in [3.63, 3.8) is 0 Å². The van der Waals surface area contributed by atoms with Gasteiger partial charge in [0, 0.05) is 11.7 Å². The lowest BCUT2D eigenvalue weighted by Crippen LogP contribution is -2.31. The minimum atomic E-state index is 0.315. The van der Waals surface area contributed by atoms with Crippen molar-refractivity contribution in [2.75, 3.05) is 5.32 Å². The maximum Gasteiger partial charge on any atom is 0.223 e. The van der Waals surface area contributed by atoms with Crippen molar-refractivity contribution in [1.29, 1.82) is 0 Å². The van der Waals surface area contributed by atoms with E-state index in [1.54, 1.807) is 0 Å². The summed E-state index contributed by atoms with van der Waals surface area (Å²) in [6.07, 6.45) is 3.92. The minimum Gasteiger partial charge on any atom is -0.388 e. The number of aromatic nitrogens is 2. The van der Waals surface area contributed by atoms with Crippen molar-refractivity contribution in [2.45, 2.75) is 39.2 Å². The van der Waals surface area contributed by atoms with E-state index in [9.17, 15) is 0 Å². The largest absolute Gasteiger partial charge is 0.388 e. The predicted molar refractivity (Wildman–Crippen MR) is 73.1 cm³/mol. The molecule has 1 atom stereocenters. The normalized spacial score (nSPS) is 17.3. The van der Waals surface area contributed by atoms with Gasteiger partial charge in [0.2, 0.25) is 5.95 Å². The molecule has 1 unspecified atom stereocenters.